The van der Waals surface area contributed by atoms with Crippen LogP contribution in [0.5, 0.6) is 5.75 Å². The second-order valence-corrected chi connectivity index (χ2v) is 18.7. The Hall–Kier alpha value is -7.63. The largest absolute Gasteiger partial charge is 0.507 e. The Morgan fingerprint density at radius 3 is 1.75 bits per heavy atom. The summed E-state index contributed by atoms with van der Waals surface area (Å²) < 4.78 is 2.30. The van der Waals surface area contributed by atoms with Gasteiger partial charge < -0.3 is 5.11 Å². The molecule has 64 heavy (non-hydrogen) atoms. The first kappa shape index (κ1) is 40.4. The van der Waals surface area contributed by atoms with Crippen LogP contribution in [0.4, 0.5) is 0 Å². The van der Waals surface area contributed by atoms with Crippen molar-refractivity contribution in [2.75, 3.05) is 0 Å². The summed E-state index contributed by atoms with van der Waals surface area (Å²) in [4.78, 5) is 15.2. The van der Waals surface area contributed by atoms with Gasteiger partial charge in [0.2, 0.25) is 0 Å². The van der Waals surface area contributed by atoms with Gasteiger partial charge in [-0.2, -0.15) is 0 Å². The summed E-state index contributed by atoms with van der Waals surface area (Å²) in [6.07, 6.45) is 1.65. The highest BCUT2D eigenvalue weighted by Gasteiger charge is 2.30. The first-order valence-electron chi connectivity index (χ1n) is 22.0. The van der Waals surface area contributed by atoms with Crippen LogP contribution in [0.15, 0.2) is 188 Å². The molecule has 10 aromatic rings. The molecule has 0 amide bonds. The average molecular weight is 831 g/mol. The Morgan fingerprint density at radius 1 is 0.453 bits per heavy atom. The number of fused-ring (bicyclic) bond motifs is 2. The molecule has 0 spiro atoms. The number of aromatic hydroxyl groups is 1. The third kappa shape index (κ3) is 7.43. The second kappa shape index (κ2) is 15.9. The van der Waals surface area contributed by atoms with Crippen LogP contribution >= 0.6 is 0 Å². The summed E-state index contributed by atoms with van der Waals surface area (Å²) in [5, 5.41) is 14.8. The van der Waals surface area contributed by atoms with Crippen molar-refractivity contribution < 1.29 is 5.11 Å². The summed E-state index contributed by atoms with van der Waals surface area (Å²) >= 11 is 0. The van der Waals surface area contributed by atoms with E-state index in [-0.39, 0.29) is 16.6 Å². The third-order valence-corrected chi connectivity index (χ3v) is 12.3. The van der Waals surface area contributed by atoms with Gasteiger partial charge in [-0.05, 0) is 80.4 Å². The molecule has 0 atom stereocenters. The van der Waals surface area contributed by atoms with Gasteiger partial charge in [0.25, 0.3) is 0 Å². The number of hydrogen-bond donors (Lipinski definition) is 1. The zero-order chi connectivity index (χ0) is 44.2. The molecule has 0 bridgehead atoms. The van der Waals surface area contributed by atoms with Crippen molar-refractivity contribution in [2.24, 2.45) is 0 Å². The lowest BCUT2D eigenvalue weighted by Gasteiger charge is -2.28. The summed E-state index contributed by atoms with van der Waals surface area (Å²) in [6, 6.07) is 63.8. The summed E-state index contributed by atoms with van der Waals surface area (Å²) in [5.41, 5.74) is 14.9. The van der Waals surface area contributed by atoms with Crippen LogP contribution in [-0.4, -0.2) is 24.6 Å². The van der Waals surface area contributed by atoms with E-state index in [4.69, 9.17) is 9.97 Å². The van der Waals surface area contributed by atoms with Crippen LogP contribution in [0, 0.1) is 0 Å². The lowest BCUT2D eigenvalue weighted by atomic mass is 9.79. The molecule has 0 saturated carbocycles. The van der Waals surface area contributed by atoms with Crippen molar-refractivity contribution in [1.82, 2.24) is 19.5 Å². The molecule has 0 saturated heterocycles. The summed E-state index contributed by atoms with van der Waals surface area (Å²) in [7, 11) is 0. The van der Waals surface area contributed by atoms with Gasteiger partial charge in [-0.3, -0.25) is 4.57 Å². The molecule has 0 aliphatic carbocycles. The third-order valence-electron chi connectivity index (χ3n) is 12.3. The zero-order valence-electron chi connectivity index (χ0n) is 37.1. The summed E-state index contributed by atoms with van der Waals surface area (Å²) in [6.45, 7) is 13.2. The van der Waals surface area contributed by atoms with Crippen LogP contribution in [0.2, 0.25) is 0 Å². The fourth-order valence-corrected chi connectivity index (χ4v) is 8.91. The maximum atomic E-state index is 12.6. The Morgan fingerprint density at radius 2 is 1.06 bits per heavy atom. The fourth-order valence-electron chi connectivity index (χ4n) is 8.91. The number of benzene rings is 8. The molecular formula is C59H50N4O. The topological polar surface area (TPSA) is 63.8 Å². The minimum absolute atomic E-state index is 0.200. The highest BCUT2D eigenvalue weighted by Crippen LogP contribution is 2.47. The molecule has 1 N–H and O–H groups in total. The molecule has 2 heterocycles. The predicted molar refractivity (Wildman–Crippen MR) is 266 cm³/mol. The molecule has 10 rings (SSSR count). The van der Waals surface area contributed by atoms with Crippen molar-refractivity contribution in [3.8, 4) is 78.7 Å². The monoisotopic (exact) mass is 830 g/mol. The number of phenols is 1. The number of aromatic nitrogens is 4. The van der Waals surface area contributed by atoms with Crippen molar-refractivity contribution in [3.05, 3.63) is 199 Å². The van der Waals surface area contributed by atoms with Crippen molar-refractivity contribution in [3.63, 3.8) is 0 Å². The van der Waals surface area contributed by atoms with Crippen LogP contribution in [0.25, 0.3) is 94.8 Å². The smallest absolute Gasteiger partial charge is 0.149 e. The molecule has 0 aliphatic heterocycles. The first-order chi connectivity index (χ1) is 30.9. The van der Waals surface area contributed by atoms with E-state index < -0.39 is 0 Å². The van der Waals surface area contributed by atoms with E-state index in [9.17, 15) is 5.11 Å². The fraction of sp³-hybridized carbons (Fsp3) is 0.136. The maximum absolute atomic E-state index is 12.6. The van der Waals surface area contributed by atoms with Gasteiger partial charge in [0, 0.05) is 33.2 Å². The second-order valence-electron chi connectivity index (χ2n) is 18.7. The molecule has 2 aromatic heterocycles. The SMILES string of the molecule is CC(C)(C)c1cc(-c2nc3c(-c4cc(-c5ccccc5)cc(-c5cc(-c6ccccc6)ncn5)c4)cccc3n2-c2c(-c3ccccc3)ccc3ccccc23)c(O)c(C(C)(C)C)c1. The molecule has 5 heteroatoms. The lowest BCUT2D eigenvalue weighted by Crippen LogP contribution is -2.17. The quantitative estimate of drug-likeness (QED) is 0.174. The Kier molecular flexibility index (Phi) is 10.1. The Balaban J connectivity index is 1.31. The first-order valence-corrected chi connectivity index (χ1v) is 22.0. The van der Waals surface area contributed by atoms with E-state index in [0.29, 0.717) is 11.4 Å². The van der Waals surface area contributed by atoms with Gasteiger partial charge >= 0.3 is 0 Å². The van der Waals surface area contributed by atoms with Gasteiger partial charge in [-0.15, -0.1) is 0 Å². The van der Waals surface area contributed by atoms with Crippen LogP contribution in [-0.2, 0) is 10.8 Å². The van der Waals surface area contributed by atoms with E-state index >= 15 is 0 Å². The zero-order valence-corrected chi connectivity index (χ0v) is 37.1. The Bertz CT molecular complexity index is 3340. The van der Waals surface area contributed by atoms with Crippen molar-refractivity contribution >= 4 is 21.8 Å². The molecule has 0 unspecified atom stereocenters. The summed E-state index contributed by atoms with van der Waals surface area (Å²) in [5.74, 6) is 0.916. The standard InChI is InChI=1S/C59H50N4O/c1-58(2,3)45-34-49(56(64)50(35-45)59(4,5)6)57-62-54-46(27-18-28-53(54)63(57)55-47-26-17-16-23-40(47)29-30-48(55)39-21-12-8-13-22-39)43-31-42(38-19-10-7-11-20-38)32-44(33-43)52-36-51(60-37-61-52)41-24-14-9-15-25-41/h7-37,64H,1-6H3. The van der Waals surface area contributed by atoms with Gasteiger partial charge in [-0.1, -0.05) is 187 Å². The molecule has 0 fully saturated rings. The van der Waals surface area contributed by atoms with Crippen molar-refractivity contribution in [2.45, 2.75) is 52.4 Å². The lowest BCUT2D eigenvalue weighted by molar-refractivity contribution is 0.446. The van der Waals surface area contributed by atoms with E-state index in [1.54, 1.807) is 6.33 Å². The molecule has 0 aliphatic rings. The van der Waals surface area contributed by atoms with Crippen LogP contribution in [0.1, 0.15) is 52.7 Å². The van der Waals surface area contributed by atoms with E-state index in [1.165, 1.54) is 0 Å². The van der Waals surface area contributed by atoms with E-state index in [1.807, 2.05) is 24.3 Å². The molecule has 0 radical (unpaired) electrons. The molecular weight excluding hydrogens is 781 g/mol. The van der Waals surface area contributed by atoms with E-state index in [2.05, 4.69) is 209 Å². The Labute approximate surface area is 375 Å². The number of phenolic OH excluding ortho intramolecular Hbond substituents is 1. The van der Waals surface area contributed by atoms with Crippen molar-refractivity contribution in [1.29, 1.82) is 0 Å². The maximum Gasteiger partial charge on any atom is 0.149 e. The number of hydrogen-bond acceptors (Lipinski definition) is 4. The molecule has 5 nitrogen and oxygen atoms in total. The highest BCUT2D eigenvalue weighted by atomic mass is 16.3. The highest BCUT2D eigenvalue weighted by molar-refractivity contribution is 6.03. The number of para-hydroxylation sites is 1. The number of imidazole rings is 1. The number of nitrogens with zero attached hydrogens (tertiary/aromatic N) is 4. The normalized spacial score (nSPS) is 12.0. The number of rotatable bonds is 7. The van der Waals surface area contributed by atoms with Gasteiger partial charge in [0.15, 0.2) is 0 Å². The van der Waals surface area contributed by atoms with Crippen LogP contribution < -0.4 is 0 Å². The molecule has 8 aromatic carbocycles. The predicted octanol–water partition coefficient (Wildman–Crippen LogP) is 15.3. The van der Waals surface area contributed by atoms with Gasteiger partial charge in [-0.25, -0.2) is 15.0 Å². The van der Waals surface area contributed by atoms with Crippen LogP contribution in [0.3, 0.4) is 0 Å². The average Bonchev–Trinajstić information content (AvgIpc) is 3.70. The van der Waals surface area contributed by atoms with E-state index in [0.717, 1.165) is 94.5 Å². The minimum atomic E-state index is -0.341. The van der Waals surface area contributed by atoms with Gasteiger partial charge in [0.05, 0.1) is 33.7 Å². The minimum Gasteiger partial charge on any atom is -0.507 e. The molecule has 312 valence electrons. The van der Waals surface area contributed by atoms with Gasteiger partial charge in [0.1, 0.15) is 17.9 Å².